The lowest BCUT2D eigenvalue weighted by atomic mass is 9.72. The van der Waals surface area contributed by atoms with Crippen LogP contribution >= 0.6 is 0 Å². The van der Waals surface area contributed by atoms with Crippen molar-refractivity contribution < 1.29 is 9.59 Å². The number of allylic oxidation sites excluding steroid dienone is 4. The van der Waals surface area contributed by atoms with E-state index < -0.39 is 0 Å². The topological polar surface area (TPSA) is 34.1 Å². The molecular weight excluding hydrogens is 224 g/mol. The number of Topliss-reactive ketones (excluding diaryl/α,β-unsaturated/α-hetero) is 1. The first-order chi connectivity index (χ1) is 8.07. The van der Waals surface area contributed by atoms with Gasteiger partial charge in [-0.15, -0.1) is 0 Å². The molecule has 0 amide bonds. The van der Waals surface area contributed by atoms with Crippen LogP contribution in [0.2, 0.25) is 0 Å². The van der Waals surface area contributed by atoms with E-state index in [1.807, 2.05) is 48.5 Å². The number of hydrogen-bond acceptors (Lipinski definition) is 2. The van der Waals surface area contributed by atoms with Crippen molar-refractivity contribution in [2.24, 2.45) is 17.3 Å². The predicted molar refractivity (Wildman–Crippen MR) is 74.3 cm³/mol. The van der Waals surface area contributed by atoms with Gasteiger partial charge >= 0.3 is 0 Å². The van der Waals surface area contributed by atoms with Gasteiger partial charge in [-0.1, -0.05) is 48.5 Å². The monoisotopic (exact) mass is 248 g/mol. The molecule has 0 unspecified atom stereocenters. The van der Waals surface area contributed by atoms with Crippen LogP contribution in [-0.2, 0) is 9.59 Å². The molecular formula is C16H24O2. The van der Waals surface area contributed by atoms with Crippen molar-refractivity contribution in [3.8, 4) is 0 Å². The summed E-state index contributed by atoms with van der Waals surface area (Å²) in [6, 6.07) is 0. The third kappa shape index (κ3) is 2.63. The maximum Gasteiger partial charge on any atom is 0.186 e. The van der Waals surface area contributed by atoms with E-state index >= 15 is 0 Å². The van der Waals surface area contributed by atoms with Crippen LogP contribution in [0.25, 0.3) is 0 Å². The second-order valence-electron chi connectivity index (χ2n) is 6.64. The Labute approximate surface area is 110 Å². The zero-order valence-electron chi connectivity index (χ0n) is 12.5. The quantitative estimate of drug-likeness (QED) is 0.698. The van der Waals surface area contributed by atoms with Gasteiger partial charge < -0.3 is 0 Å². The van der Waals surface area contributed by atoms with Gasteiger partial charge in [-0.3, -0.25) is 9.59 Å². The third-order valence-electron chi connectivity index (χ3n) is 3.26. The number of hydrogen-bond donors (Lipinski definition) is 0. The van der Waals surface area contributed by atoms with Crippen LogP contribution in [0.3, 0.4) is 0 Å². The molecule has 2 heteroatoms. The highest BCUT2D eigenvalue weighted by molar-refractivity contribution is 6.23. The summed E-state index contributed by atoms with van der Waals surface area (Å²) in [4.78, 5) is 24.9. The van der Waals surface area contributed by atoms with E-state index in [-0.39, 0.29) is 28.8 Å². The summed E-state index contributed by atoms with van der Waals surface area (Å²) in [5.74, 6) is 0.244. The normalized spacial score (nSPS) is 17.9. The Morgan fingerprint density at radius 3 is 1.78 bits per heavy atom. The maximum absolute atomic E-state index is 12.5. The Bertz CT molecular complexity index is 440. The zero-order valence-corrected chi connectivity index (χ0v) is 12.5. The molecule has 0 heterocycles. The first-order valence-corrected chi connectivity index (χ1v) is 6.62. The zero-order chi connectivity index (χ0) is 14.2. The summed E-state index contributed by atoms with van der Waals surface area (Å²) in [5, 5.41) is 0. The molecule has 0 spiro atoms. The smallest absolute Gasteiger partial charge is 0.186 e. The molecule has 0 radical (unpaired) electrons. The predicted octanol–water partition coefficient (Wildman–Crippen LogP) is 3.72. The van der Waals surface area contributed by atoms with Gasteiger partial charge in [-0.05, 0) is 23.3 Å². The van der Waals surface area contributed by atoms with Gasteiger partial charge in [0.1, 0.15) is 0 Å². The van der Waals surface area contributed by atoms with Gasteiger partial charge in [-0.2, -0.15) is 0 Å². The highest BCUT2D eigenvalue weighted by Crippen LogP contribution is 2.37. The molecule has 2 nitrogen and oxygen atoms in total. The second-order valence-corrected chi connectivity index (χ2v) is 6.64. The Morgan fingerprint density at radius 1 is 0.944 bits per heavy atom. The molecule has 0 atom stereocenters. The third-order valence-corrected chi connectivity index (χ3v) is 3.26. The van der Waals surface area contributed by atoms with Gasteiger partial charge in [-0.25, -0.2) is 0 Å². The average Bonchev–Trinajstić information content (AvgIpc) is 2.17. The second kappa shape index (κ2) is 4.83. The highest BCUT2D eigenvalue weighted by atomic mass is 16.1. The minimum Gasteiger partial charge on any atom is -0.290 e. The summed E-state index contributed by atoms with van der Waals surface area (Å²) in [6.07, 6.45) is 1.54. The van der Waals surface area contributed by atoms with Crippen LogP contribution in [-0.4, -0.2) is 11.6 Å². The highest BCUT2D eigenvalue weighted by Gasteiger charge is 2.36. The van der Waals surface area contributed by atoms with Crippen molar-refractivity contribution in [3.05, 3.63) is 22.8 Å². The van der Waals surface area contributed by atoms with E-state index in [4.69, 9.17) is 0 Å². The first kappa shape index (κ1) is 14.9. The SMILES string of the molecule is CC(C)C1=CC(=O)C(C(C)(C)C)=C(C(C)C)C1=O. The minimum absolute atomic E-state index is 0.00880. The summed E-state index contributed by atoms with van der Waals surface area (Å²) >= 11 is 0. The van der Waals surface area contributed by atoms with E-state index in [1.165, 1.54) is 0 Å². The lowest BCUT2D eigenvalue weighted by Crippen LogP contribution is -2.30. The summed E-state index contributed by atoms with van der Waals surface area (Å²) in [6.45, 7) is 13.8. The molecule has 0 aromatic rings. The van der Waals surface area contributed by atoms with Crippen LogP contribution < -0.4 is 0 Å². The van der Waals surface area contributed by atoms with E-state index in [1.54, 1.807) is 6.08 Å². The van der Waals surface area contributed by atoms with Crippen molar-refractivity contribution in [2.45, 2.75) is 48.5 Å². The van der Waals surface area contributed by atoms with Crippen LogP contribution in [0.15, 0.2) is 22.8 Å². The van der Waals surface area contributed by atoms with Crippen molar-refractivity contribution in [3.63, 3.8) is 0 Å². The lowest BCUT2D eigenvalue weighted by Gasteiger charge is -2.30. The number of carbonyl (C=O) groups is 2. The van der Waals surface area contributed by atoms with E-state index in [0.29, 0.717) is 16.7 Å². The summed E-state index contributed by atoms with van der Waals surface area (Å²) < 4.78 is 0. The Balaban J connectivity index is 3.47. The Morgan fingerprint density at radius 2 is 1.44 bits per heavy atom. The molecule has 1 aliphatic rings. The molecule has 0 saturated heterocycles. The summed E-state index contributed by atoms with van der Waals surface area (Å²) in [5.41, 5.74) is 1.76. The largest absolute Gasteiger partial charge is 0.290 e. The average molecular weight is 248 g/mol. The molecule has 1 rings (SSSR count). The van der Waals surface area contributed by atoms with Crippen molar-refractivity contribution in [1.29, 1.82) is 0 Å². The minimum atomic E-state index is -0.286. The number of ketones is 2. The van der Waals surface area contributed by atoms with Crippen LogP contribution in [0, 0.1) is 17.3 Å². The van der Waals surface area contributed by atoms with Crippen LogP contribution in [0.4, 0.5) is 0 Å². The van der Waals surface area contributed by atoms with Gasteiger partial charge in [0, 0.05) is 16.7 Å². The molecule has 0 N–H and O–H groups in total. The molecule has 1 aliphatic carbocycles. The van der Waals surface area contributed by atoms with Crippen molar-refractivity contribution in [2.75, 3.05) is 0 Å². The molecule has 100 valence electrons. The van der Waals surface area contributed by atoms with E-state index in [9.17, 15) is 9.59 Å². The fraction of sp³-hybridized carbons (Fsp3) is 0.625. The molecule has 0 bridgehead atoms. The Kier molecular flexibility index (Phi) is 3.99. The standard InChI is InChI=1S/C16H24O2/c1-9(2)11-8-12(17)14(16(5,6)7)13(10(3)4)15(11)18/h8-10H,1-7H3. The molecule has 0 saturated carbocycles. The molecule has 0 aromatic carbocycles. The van der Waals surface area contributed by atoms with Gasteiger partial charge in [0.25, 0.3) is 0 Å². The van der Waals surface area contributed by atoms with E-state index in [0.717, 1.165) is 0 Å². The van der Waals surface area contributed by atoms with Crippen molar-refractivity contribution >= 4 is 11.6 Å². The summed E-state index contributed by atoms with van der Waals surface area (Å²) in [7, 11) is 0. The Hall–Kier alpha value is -1.18. The van der Waals surface area contributed by atoms with Crippen molar-refractivity contribution in [1.82, 2.24) is 0 Å². The fourth-order valence-corrected chi connectivity index (χ4v) is 2.43. The van der Waals surface area contributed by atoms with Gasteiger partial charge in [0.2, 0.25) is 0 Å². The van der Waals surface area contributed by atoms with Gasteiger partial charge in [0.15, 0.2) is 11.6 Å². The van der Waals surface area contributed by atoms with Crippen LogP contribution in [0.5, 0.6) is 0 Å². The van der Waals surface area contributed by atoms with Crippen LogP contribution in [0.1, 0.15) is 48.5 Å². The number of carbonyl (C=O) groups excluding carboxylic acids is 2. The lowest BCUT2D eigenvalue weighted by molar-refractivity contribution is -0.117. The number of rotatable bonds is 2. The van der Waals surface area contributed by atoms with Gasteiger partial charge in [0.05, 0.1) is 0 Å². The molecule has 18 heavy (non-hydrogen) atoms. The molecule has 0 aliphatic heterocycles. The fourth-order valence-electron chi connectivity index (χ4n) is 2.43. The first-order valence-electron chi connectivity index (χ1n) is 6.62. The van der Waals surface area contributed by atoms with E-state index in [2.05, 4.69) is 0 Å². The molecule has 0 fully saturated rings. The maximum atomic E-state index is 12.5. The molecule has 0 aromatic heterocycles.